The molecule has 3 aliphatic rings. The monoisotopic (exact) mass is 496 g/mol. The molecule has 0 aromatic heterocycles. The van der Waals surface area contributed by atoms with Gasteiger partial charge in [-0.2, -0.15) is 0 Å². The number of halogens is 1. The molecule has 4 rings (SSSR count). The van der Waals surface area contributed by atoms with Crippen LogP contribution < -0.4 is 10.1 Å². The minimum absolute atomic E-state index is 0.0161. The highest BCUT2D eigenvalue weighted by atomic mass is 32.2. The van der Waals surface area contributed by atoms with Gasteiger partial charge in [-0.15, -0.1) is 0 Å². The van der Waals surface area contributed by atoms with E-state index in [0.717, 1.165) is 24.8 Å². The summed E-state index contributed by atoms with van der Waals surface area (Å²) in [5.41, 5.74) is 0.774. The number of amides is 3. The average molecular weight is 497 g/mol. The van der Waals surface area contributed by atoms with E-state index in [-0.39, 0.29) is 47.6 Å². The molecule has 34 heavy (non-hydrogen) atoms. The Morgan fingerprint density at radius 3 is 2.68 bits per heavy atom. The van der Waals surface area contributed by atoms with Crippen LogP contribution in [0.4, 0.5) is 9.18 Å². The van der Waals surface area contributed by atoms with Crippen LogP contribution in [0.2, 0.25) is 0 Å². The van der Waals surface area contributed by atoms with Crippen molar-refractivity contribution in [3.63, 3.8) is 0 Å². The molecule has 0 radical (unpaired) electrons. The highest BCUT2D eigenvalue weighted by Gasteiger charge is 2.32. The first-order valence-electron chi connectivity index (χ1n) is 12.1. The molecule has 188 valence electrons. The van der Waals surface area contributed by atoms with Crippen molar-refractivity contribution in [2.24, 2.45) is 11.8 Å². The molecule has 2 heterocycles. The van der Waals surface area contributed by atoms with Gasteiger partial charge in [0.25, 0.3) is 0 Å². The van der Waals surface area contributed by atoms with Crippen LogP contribution in [0.5, 0.6) is 5.75 Å². The minimum Gasteiger partial charge on any atom is -0.490 e. The van der Waals surface area contributed by atoms with E-state index in [1.165, 1.54) is 11.0 Å². The highest BCUT2D eigenvalue weighted by molar-refractivity contribution is 7.91. The molecule has 3 fully saturated rings. The molecule has 2 aliphatic heterocycles. The van der Waals surface area contributed by atoms with Crippen molar-refractivity contribution in [1.29, 1.82) is 0 Å². The van der Waals surface area contributed by atoms with E-state index in [1.54, 1.807) is 12.1 Å². The van der Waals surface area contributed by atoms with E-state index in [9.17, 15) is 22.4 Å². The molecule has 1 saturated carbocycles. The number of urea groups is 1. The summed E-state index contributed by atoms with van der Waals surface area (Å²) >= 11 is 0. The van der Waals surface area contributed by atoms with E-state index >= 15 is 0 Å². The molecule has 1 aromatic carbocycles. The standard InChI is InChI=1S/C24H33FN2O6S/c25-21-7-6-18(12-22(21)33-14-17-4-5-17)20(19-8-10-32-15-19)16-34(30,31)11-3-1-2-9-27-13-23(28)26-24(27)29/h6-7,12,17,19-20H,1-5,8-11,13-16H2,(H,26,28,29)/t19?,20-/m0/s1. The first kappa shape index (κ1) is 24.9. The van der Waals surface area contributed by atoms with Gasteiger partial charge < -0.3 is 14.4 Å². The molecule has 1 N–H and O–H groups in total. The quantitative estimate of drug-likeness (QED) is 0.333. The normalized spacial score (nSPS) is 21.7. The average Bonchev–Trinajstić information content (AvgIpc) is 3.34. The Morgan fingerprint density at radius 2 is 2.00 bits per heavy atom. The number of nitrogens with one attached hydrogen (secondary N) is 1. The third-order valence-corrected chi connectivity index (χ3v) is 8.55. The smallest absolute Gasteiger partial charge is 0.324 e. The second-order valence-electron chi connectivity index (χ2n) is 9.62. The Morgan fingerprint density at radius 1 is 1.18 bits per heavy atom. The van der Waals surface area contributed by atoms with E-state index in [0.29, 0.717) is 51.5 Å². The van der Waals surface area contributed by atoms with Crippen LogP contribution in [-0.2, 0) is 19.4 Å². The zero-order valence-electron chi connectivity index (χ0n) is 19.3. The van der Waals surface area contributed by atoms with E-state index in [1.807, 2.05) is 0 Å². The zero-order chi connectivity index (χ0) is 24.1. The van der Waals surface area contributed by atoms with Crippen molar-refractivity contribution >= 4 is 21.8 Å². The van der Waals surface area contributed by atoms with Crippen LogP contribution in [0, 0.1) is 17.7 Å². The summed E-state index contributed by atoms with van der Waals surface area (Å²) in [4.78, 5) is 24.2. The number of rotatable bonds is 13. The fraction of sp³-hybridized carbons (Fsp3) is 0.667. The lowest BCUT2D eigenvalue weighted by atomic mass is 9.87. The number of carbonyl (C=O) groups excluding carboxylic acids is 2. The van der Waals surface area contributed by atoms with Crippen LogP contribution >= 0.6 is 0 Å². The number of benzene rings is 1. The second kappa shape index (κ2) is 11.0. The van der Waals surface area contributed by atoms with Gasteiger partial charge in [-0.3, -0.25) is 10.1 Å². The van der Waals surface area contributed by atoms with Crippen molar-refractivity contribution < 1.29 is 31.9 Å². The molecule has 1 aliphatic carbocycles. The summed E-state index contributed by atoms with van der Waals surface area (Å²) < 4.78 is 51.5. The largest absolute Gasteiger partial charge is 0.490 e. The second-order valence-corrected chi connectivity index (χ2v) is 11.9. The van der Waals surface area contributed by atoms with Gasteiger partial charge in [0.05, 0.1) is 24.7 Å². The topological polar surface area (TPSA) is 102 Å². The maximum absolute atomic E-state index is 14.3. The zero-order valence-corrected chi connectivity index (χ0v) is 20.2. The van der Waals surface area contributed by atoms with Crippen molar-refractivity contribution in [2.75, 3.05) is 44.4 Å². The van der Waals surface area contributed by atoms with Gasteiger partial charge in [0.2, 0.25) is 5.91 Å². The Hall–Kier alpha value is -2.20. The third-order valence-electron chi connectivity index (χ3n) is 6.77. The van der Waals surface area contributed by atoms with Crippen molar-refractivity contribution in [2.45, 2.75) is 44.4 Å². The summed E-state index contributed by atoms with van der Waals surface area (Å²) in [6, 6.07) is 4.31. The number of ether oxygens (including phenoxy) is 2. The van der Waals surface area contributed by atoms with E-state index < -0.39 is 15.7 Å². The molecule has 0 spiro atoms. The van der Waals surface area contributed by atoms with Crippen molar-refractivity contribution in [1.82, 2.24) is 10.2 Å². The van der Waals surface area contributed by atoms with Crippen LogP contribution in [0.15, 0.2) is 18.2 Å². The lowest BCUT2D eigenvalue weighted by Crippen LogP contribution is -2.29. The van der Waals surface area contributed by atoms with E-state index in [4.69, 9.17) is 9.47 Å². The van der Waals surface area contributed by atoms with Gasteiger partial charge >= 0.3 is 6.03 Å². The summed E-state index contributed by atoms with van der Waals surface area (Å²) in [6.07, 6.45) is 4.74. The SMILES string of the molecule is O=C1CN(CCCCCS(=O)(=O)C[C@@H](c2ccc(F)c(OCC3CC3)c2)C2CCOC2)C(=O)N1. The third kappa shape index (κ3) is 6.91. The van der Waals surface area contributed by atoms with Gasteiger partial charge in [-0.1, -0.05) is 12.5 Å². The Balaban J connectivity index is 1.33. The predicted molar refractivity (Wildman–Crippen MR) is 124 cm³/mol. The molecule has 2 atom stereocenters. The maximum Gasteiger partial charge on any atom is 0.324 e. The number of carbonyl (C=O) groups is 2. The summed E-state index contributed by atoms with van der Waals surface area (Å²) in [6.45, 7) is 2.07. The number of imide groups is 1. The molecular formula is C24H33FN2O6S. The maximum atomic E-state index is 14.3. The molecule has 1 aromatic rings. The first-order valence-corrected chi connectivity index (χ1v) is 13.9. The fourth-order valence-electron chi connectivity index (χ4n) is 4.55. The summed E-state index contributed by atoms with van der Waals surface area (Å²) in [5.74, 6) is -0.249. The Kier molecular flexibility index (Phi) is 8.08. The molecule has 3 amide bonds. The minimum atomic E-state index is -3.36. The summed E-state index contributed by atoms with van der Waals surface area (Å²) in [7, 11) is -3.36. The van der Waals surface area contributed by atoms with Crippen LogP contribution in [-0.4, -0.2) is 69.7 Å². The molecule has 1 unspecified atom stereocenters. The van der Waals surface area contributed by atoms with Gasteiger partial charge in [0.1, 0.15) is 6.54 Å². The Bertz CT molecular complexity index is 991. The number of hydrogen-bond acceptors (Lipinski definition) is 6. The highest BCUT2D eigenvalue weighted by Crippen LogP contribution is 2.36. The van der Waals surface area contributed by atoms with Gasteiger partial charge in [0.15, 0.2) is 21.4 Å². The lowest BCUT2D eigenvalue weighted by Gasteiger charge is -2.24. The number of sulfone groups is 1. The number of nitrogens with zero attached hydrogens (tertiary/aromatic N) is 1. The fourth-order valence-corrected chi connectivity index (χ4v) is 6.37. The Labute approximate surface area is 200 Å². The first-order chi connectivity index (χ1) is 16.3. The molecule has 8 nitrogen and oxygen atoms in total. The van der Waals surface area contributed by atoms with Gasteiger partial charge in [0, 0.05) is 19.1 Å². The molecule has 10 heteroatoms. The predicted octanol–water partition coefficient (Wildman–Crippen LogP) is 2.87. The van der Waals surface area contributed by atoms with Gasteiger partial charge in [-0.05, 0) is 61.6 Å². The number of hydrogen-bond donors (Lipinski definition) is 1. The molecular weight excluding hydrogens is 463 g/mol. The van der Waals surface area contributed by atoms with Gasteiger partial charge in [-0.25, -0.2) is 17.6 Å². The number of unbranched alkanes of at least 4 members (excludes halogenated alkanes) is 2. The van der Waals surface area contributed by atoms with Crippen LogP contribution in [0.25, 0.3) is 0 Å². The van der Waals surface area contributed by atoms with Crippen LogP contribution in [0.1, 0.15) is 50.0 Å². The van der Waals surface area contributed by atoms with Crippen molar-refractivity contribution in [3.8, 4) is 5.75 Å². The summed E-state index contributed by atoms with van der Waals surface area (Å²) in [5, 5.41) is 2.23. The molecule has 2 saturated heterocycles. The van der Waals surface area contributed by atoms with E-state index in [2.05, 4.69) is 5.32 Å². The molecule has 0 bridgehead atoms. The lowest BCUT2D eigenvalue weighted by molar-refractivity contribution is -0.118. The van der Waals surface area contributed by atoms with Crippen LogP contribution in [0.3, 0.4) is 0 Å². The van der Waals surface area contributed by atoms with Crippen molar-refractivity contribution in [3.05, 3.63) is 29.6 Å².